The van der Waals surface area contributed by atoms with Gasteiger partial charge in [0, 0.05) is 23.0 Å². The lowest BCUT2D eigenvalue weighted by molar-refractivity contribution is -0.122. The lowest BCUT2D eigenvalue weighted by Crippen LogP contribution is -2.32. The number of carbonyl (C=O) groups is 1. The van der Waals surface area contributed by atoms with Gasteiger partial charge in [0.2, 0.25) is 11.9 Å². The number of benzene rings is 2. The lowest BCUT2D eigenvalue weighted by atomic mass is 9.86. The number of aromatic nitrogens is 2. The highest BCUT2D eigenvalue weighted by Crippen LogP contribution is 2.28. The summed E-state index contributed by atoms with van der Waals surface area (Å²) in [5.74, 6) is 1.19. The van der Waals surface area contributed by atoms with E-state index in [-0.39, 0.29) is 17.9 Å². The second-order valence-electron chi connectivity index (χ2n) is 7.00. The van der Waals surface area contributed by atoms with Gasteiger partial charge in [-0.25, -0.2) is 4.98 Å². The Balaban J connectivity index is 1.57. The number of primary amides is 1. The maximum Gasteiger partial charge on any atom is 0.225 e. The monoisotopic (exact) mass is 361 g/mol. The third kappa shape index (κ3) is 4.00. The summed E-state index contributed by atoms with van der Waals surface area (Å²) < 4.78 is 0. The average molecular weight is 361 g/mol. The molecule has 0 bridgehead atoms. The molecule has 4 N–H and O–H groups in total. The maximum atomic E-state index is 11.4. The highest BCUT2D eigenvalue weighted by Gasteiger charge is 2.25. The Morgan fingerprint density at radius 2 is 1.63 bits per heavy atom. The van der Waals surface area contributed by atoms with E-state index < -0.39 is 0 Å². The van der Waals surface area contributed by atoms with Gasteiger partial charge in [0.05, 0.1) is 5.52 Å². The van der Waals surface area contributed by atoms with Crippen LogP contribution in [-0.2, 0) is 4.79 Å². The Morgan fingerprint density at radius 1 is 0.926 bits per heavy atom. The Hall–Kier alpha value is -3.15. The number of nitrogens with zero attached hydrogens (tertiary/aromatic N) is 2. The molecule has 0 saturated heterocycles. The second kappa shape index (κ2) is 7.61. The molecule has 6 heteroatoms. The van der Waals surface area contributed by atoms with Crippen molar-refractivity contribution in [3.05, 3.63) is 54.6 Å². The van der Waals surface area contributed by atoms with Crippen LogP contribution in [0.4, 0.5) is 17.5 Å². The second-order valence-corrected chi connectivity index (χ2v) is 7.00. The highest BCUT2D eigenvalue weighted by molar-refractivity contribution is 5.91. The Kier molecular flexibility index (Phi) is 4.87. The lowest BCUT2D eigenvalue weighted by Gasteiger charge is -2.27. The Bertz CT molecular complexity index is 936. The molecule has 138 valence electrons. The predicted molar refractivity (Wildman–Crippen MR) is 108 cm³/mol. The van der Waals surface area contributed by atoms with E-state index in [9.17, 15) is 4.79 Å². The number of hydrogen-bond acceptors (Lipinski definition) is 5. The maximum absolute atomic E-state index is 11.4. The SMILES string of the molecule is NC(=O)C1CCC(Nc2nc(Nc3ccccc3)c3ccccc3n2)CC1. The van der Waals surface area contributed by atoms with Crippen molar-refractivity contribution in [2.45, 2.75) is 31.7 Å². The van der Waals surface area contributed by atoms with Crippen molar-refractivity contribution < 1.29 is 4.79 Å². The van der Waals surface area contributed by atoms with Gasteiger partial charge in [-0.2, -0.15) is 4.98 Å². The molecule has 0 atom stereocenters. The van der Waals surface area contributed by atoms with Crippen LogP contribution >= 0.6 is 0 Å². The highest BCUT2D eigenvalue weighted by atomic mass is 16.1. The van der Waals surface area contributed by atoms with Crippen molar-refractivity contribution in [1.82, 2.24) is 9.97 Å². The predicted octanol–water partition coefficient (Wildman–Crippen LogP) is 3.83. The van der Waals surface area contributed by atoms with E-state index in [0.717, 1.165) is 48.1 Å². The van der Waals surface area contributed by atoms with Gasteiger partial charge in [0.1, 0.15) is 5.82 Å². The molecule has 1 aliphatic rings. The van der Waals surface area contributed by atoms with Crippen LogP contribution in [0.15, 0.2) is 54.6 Å². The van der Waals surface area contributed by atoms with Gasteiger partial charge >= 0.3 is 0 Å². The van der Waals surface area contributed by atoms with Crippen molar-refractivity contribution in [3.8, 4) is 0 Å². The number of hydrogen-bond donors (Lipinski definition) is 3. The van der Waals surface area contributed by atoms with Gasteiger partial charge in [0.25, 0.3) is 0 Å². The van der Waals surface area contributed by atoms with Gasteiger partial charge in [-0.3, -0.25) is 4.79 Å². The van der Waals surface area contributed by atoms with Gasteiger partial charge in [-0.15, -0.1) is 0 Å². The quantitative estimate of drug-likeness (QED) is 0.642. The molecular weight excluding hydrogens is 338 g/mol. The van der Waals surface area contributed by atoms with Crippen LogP contribution in [-0.4, -0.2) is 21.9 Å². The largest absolute Gasteiger partial charge is 0.369 e. The summed E-state index contributed by atoms with van der Waals surface area (Å²) in [5, 5.41) is 7.81. The number of para-hydroxylation sites is 2. The van der Waals surface area contributed by atoms with Crippen LogP contribution in [0.3, 0.4) is 0 Å². The van der Waals surface area contributed by atoms with Gasteiger partial charge in [0.15, 0.2) is 0 Å². The van der Waals surface area contributed by atoms with E-state index in [1.165, 1.54) is 0 Å². The fourth-order valence-electron chi connectivity index (χ4n) is 3.60. The van der Waals surface area contributed by atoms with Crippen LogP contribution in [0.2, 0.25) is 0 Å². The number of nitrogens with one attached hydrogen (secondary N) is 2. The van der Waals surface area contributed by atoms with Crippen LogP contribution in [0.25, 0.3) is 10.9 Å². The number of rotatable bonds is 5. The molecule has 2 aromatic carbocycles. The standard InChI is InChI=1S/C21H23N5O/c22-19(27)14-10-12-16(13-11-14)24-21-25-18-9-5-4-8-17(18)20(26-21)23-15-6-2-1-3-7-15/h1-9,14,16H,10-13H2,(H2,22,27)(H2,23,24,25,26). The molecule has 0 spiro atoms. The van der Waals surface area contributed by atoms with Crippen LogP contribution in [0.1, 0.15) is 25.7 Å². The average Bonchev–Trinajstić information content (AvgIpc) is 2.69. The molecule has 0 aliphatic heterocycles. The van der Waals surface area contributed by atoms with Gasteiger partial charge in [-0.05, 0) is 49.9 Å². The third-order valence-electron chi connectivity index (χ3n) is 5.10. The van der Waals surface area contributed by atoms with Gasteiger partial charge < -0.3 is 16.4 Å². The minimum Gasteiger partial charge on any atom is -0.369 e. The van der Waals surface area contributed by atoms with E-state index in [0.29, 0.717) is 5.95 Å². The molecule has 1 fully saturated rings. The smallest absolute Gasteiger partial charge is 0.225 e. The molecule has 0 radical (unpaired) electrons. The first-order valence-electron chi connectivity index (χ1n) is 9.34. The first-order chi connectivity index (χ1) is 13.2. The van der Waals surface area contributed by atoms with Crippen molar-refractivity contribution in [1.29, 1.82) is 0 Å². The van der Waals surface area contributed by atoms with Crippen molar-refractivity contribution >= 4 is 34.3 Å². The first kappa shape index (κ1) is 17.3. The number of fused-ring (bicyclic) bond motifs is 1. The number of amides is 1. The molecule has 3 aromatic rings. The minimum atomic E-state index is -0.190. The van der Waals surface area contributed by atoms with E-state index >= 15 is 0 Å². The molecule has 4 rings (SSSR count). The first-order valence-corrected chi connectivity index (χ1v) is 9.34. The van der Waals surface area contributed by atoms with E-state index in [2.05, 4.69) is 15.6 Å². The Morgan fingerprint density at radius 3 is 2.37 bits per heavy atom. The fourth-order valence-corrected chi connectivity index (χ4v) is 3.60. The van der Waals surface area contributed by atoms with Gasteiger partial charge in [-0.1, -0.05) is 30.3 Å². The van der Waals surface area contributed by atoms with Crippen molar-refractivity contribution in [2.75, 3.05) is 10.6 Å². The summed E-state index contributed by atoms with van der Waals surface area (Å²) in [6.45, 7) is 0. The molecule has 1 heterocycles. The Labute approximate surface area is 158 Å². The number of nitrogens with two attached hydrogens (primary N) is 1. The van der Waals surface area contributed by atoms with E-state index in [1.807, 2.05) is 54.6 Å². The molecule has 1 amide bonds. The molecular formula is C21H23N5O. The van der Waals surface area contributed by atoms with Crippen LogP contribution < -0.4 is 16.4 Å². The molecule has 1 aliphatic carbocycles. The third-order valence-corrected chi connectivity index (χ3v) is 5.10. The number of carbonyl (C=O) groups excluding carboxylic acids is 1. The molecule has 6 nitrogen and oxygen atoms in total. The van der Waals surface area contributed by atoms with E-state index in [1.54, 1.807) is 0 Å². The zero-order valence-corrected chi connectivity index (χ0v) is 15.1. The van der Waals surface area contributed by atoms with Crippen molar-refractivity contribution in [2.24, 2.45) is 11.7 Å². The molecule has 27 heavy (non-hydrogen) atoms. The topological polar surface area (TPSA) is 92.9 Å². The number of anilines is 3. The normalized spacial score (nSPS) is 19.6. The van der Waals surface area contributed by atoms with E-state index in [4.69, 9.17) is 10.7 Å². The van der Waals surface area contributed by atoms with Crippen LogP contribution in [0, 0.1) is 5.92 Å². The van der Waals surface area contributed by atoms with Crippen LogP contribution in [0.5, 0.6) is 0 Å². The van der Waals surface area contributed by atoms with Crippen molar-refractivity contribution in [3.63, 3.8) is 0 Å². The summed E-state index contributed by atoms with van der Waals surface area (Å²) in [5.41, 5.74) is 7.30. The molecule has 0 unspecified atom stereocenters. The zero-order valence-electron chi connectivity index (χ0n) is 15.1. The summed E-state index contributed by atoms with van der Waals surface area (Å²) in [4.78, 5) is 20.7. The fraction of sp³-hybridized carbons (Fsp3) is 0.286. The zero-order chi connectivity index (χ0) is 18.6. The summed E-state index contributed by atoms with van der Waals surface area (Å²) in [6.07, 6.45) is 3.42. The summed E-state index contributed by atoms with van der Waals surface area (Å²) >= 11 is 0. The molecule has 1 saturated carbocycles. The minimum absolute atomic E-state index is 0.00381. The molecule has 1 aromatic heterocycles. The summed E-state index contributed by atoms with van der Waals surface area (Å²) in [6, 6.07) is 18.2. The summed E-state index contributed by atoms with van der Waals surface area (Å²) in [7, 11) is 0.